The van der Waals surface area contributed by atoms with E-state index in [0.29, 0.717) is 13.2 Å². The van der Waals surface area contributed by atoms with Crippen molar-refractivity contribution in [3.8, 4) is 5.75 Å². The van der Waals surface area contributed by atoms with Crippen LogP contribution in [0, 0.1) is 0 Å². The Hall–Kier alpha value is -2.89. The molecule has 3 fully saturated rings. The molecule has 13 atom stereocenters. The second kappa shape index (κ2) is 28.9. The molecule has 1 N–H and O–H groups in total. The summed E-state index contributed by atoms with van der Waals surface area (Å²) >= 11 is -0.231. The minimum Gasteiger partial charge on any atom is -0.408 e. The normalized spacial score (nSPS) is 28.4. The first-order valence-corrected chi connectivity index (χ1v) is 34.7. The van der Waals surface area contributed by atoms with Crippen molar-refractivity contribution >= 4 is 36.1 Å². The van der Waals surface area contributed by atoms with Gasteiger partial charge in [0, 0.05) is 7.11 Å². The molecule has 0 radical (unpaired) electrons. The van der Waals surface area contributed by atoms with Gasteiger partial charge in [0.05, 0.1) is 6.61 Å². The summed E-state index contributed by atoms with van der Waals surface area (Å²) in [6.07, 6.45) is -9.70. The molecular formula is C61H90O14SeSi2. The topological polar surface area (TPSA) is 140 Å². The van der Waals surface area contributed by atoms with Gasteiger partial charge in [-0.05, 0) is 22.2 Å². The number of ether oxygens (including phenoxy) is 11. The Kier molecular flexibility index (Phi) is 23.2. The quantitative estimate of drug-likeness (QED) is 0.0597. The van der Waals surface area contributed by atoms with Gasteiger partial charge in [-0.1, -0.05) is 71.9 Å². The van der Waals surface area contributed by atoms with Crippen LogP contribution in [0.15, 0.2) is 115 Å². The molecule has 4 aromatic carbocycles. The average Bonchev–Trinajstić information content (AvgIpc) is 3.47. The second-order valence-corrected chi connectivity index (χ2v) is 36.1. The molecule has 7 rings (SSSR count). The van der Waals surface area contributed by atoms with Gasteiger partial charge in [0.25, 0.3) is 0 Å². The predicted octanol–water partition coefficient (Wildman–Crippen LogP) is 10.4. The van der Waals surface area contributed by atoms with Gasteiger partial charge in [0.1, 0.15) is 0 Å². The van der Waals surface area contributed by atoms with Gasteiger partial charge in [0.15, 0.2) is 0 Å². The molecule has 3 aliphatic rings. The summed E-state index contributed by atoms with van der Waals surface area (Å²) in [5, 5.41) is 12.7. The number of benzene rings is 4. The Morgan fingerprint density at radius 2 is 1.10 bits per heavy atom. The van der Waals surface area contributed by atoms with E-state index in [1.807, 2.05) is 91.0 Å². The van der Waals surface area contributed by atoms with Crippen molar-refractivity contribution in [1.29, 1.82) is 0 Å². The van der Waals surface area contributed by atoms with Crippen LogP contribution in [0.25, 0.3) is 0 Å². The molecule has 78 heavy (non-hydrogen) atoms. The number of hydrogen-bond acceptors (Lipinski definition) is 14. The van der Waals surface area contributed by atoms with Crippen LogP contribution in [-0.2, 0) is 76.0 Å². The van der Waals surface area contributed by atoms with Crippen molar-refractivity contribution in [1.82, 2.24) is 0 Å². The molecule has 4 aromatic rings. The van der Waals surface area contributed by atoms with E-state index in [0.717, 1.165) is 26.9 Å². The number of hydrogen-bond donors (Lipinski definition) is 1. The SMILES string of the molecule is COC[C@H]1O[C@@H](O[C@@H]2OC[C@H](OC3OC[C@@H](OCc4ccc(OC)cc4)[C@H](O[Si](C)(C)C(C)(C)C)[C@@H]3[Se]c3ccccc3)[C@@H](O)[C@H]2OCc2ccccc2)[C@@H](OC)[C@@H](OCc2ccccc2)[C@@H]1O[Si](C(C)C)(C(C)C)C(C)C. The van der Waals surface area contributed by atoms with E-state index in [-0.39, 0.29) is 67.9 Å². The standard InChI is InChI=1S/C61H90O14SeSi2/c1-40(2)78(41(3)4,42(5)6)75-52-50(37-63-10)72-59(56(65-12)55(52)68-36-44-26-20-16-21-27-44)73-58-54(67-35-43-24-18-15-19-25-43)51(62)48(38-69-58)71-60-57(76-47-28-22-17-23-29-47)53(74-77(13,14)61(7,8)9)49(39-70-60)66-34-45-30-32-46(64-11)33-31-45/h15-33,40-42,48-60,62H,34-39H2,1-14H3/t48-,49+,50+,51+,52+,53-,54+,55-,56-,57-,58-,59-,60?/m0/s1. The Morgan fingerprint density at radius 3 is 1.64 bits per heavy atom. The Balaban J connectivity index is 1.19. The zero-order valence-corrected chi connectivity index (χ0v) is 52.3. The maximum atomic E-state index is 12.8. The number of methoxy groups -OCH3 is 3. The van der Waals surface area contributed by atoms with Crippen LogP contribution in [0.2, 0.25) is 39.6 Å². The van der Waals surface area contributed by atoms with Crippen molar-refractivity contribution in [3.05, 3.63) is 132 Å². The van der Waals surface area contributed by atoms with Crippen LogP contribution < -0.4 is 9.20 Å². The summed E-state index contributed by atoms with van der Waals surface area (Å²) in [6, 6.07) is 38.2. The van der Waals surface area contributed by atoms with Crippen LogP contribution >= 0.6 is 0 Å². The van der Waals surface area contributed by atoms with Crippen LogP contribution in [0.3, 0.4) is 0 Å². The molecule has 0 amide bonds. The van der Waals surface area contributed by atoms with Crippen molar-refractivity contribution in [2.75, 3.05) is 41.2 Å². The summed E-state index contributed by atoms with van der Waals surface area (Å²) in [7, 11) is -0.0169. The maximum absolute atomic E-state index is 12.8. The summed E-state index contributed by atoms with van der Waals surface area (Å²) in [4.78, 5) is -0.295. The Labute approximate surface area is 474 Å². The zero-order valence-electron chi connectivity index (χ0n) is 48.6. The van der Waals surface area contributed by atoms with Crippen LogP contribution in [0.1, 0.15) is 79.0 Å². The number of aliphatic hydroxyl groups is 1. The van der Waals surface area contributed by atoms with E-state index in [1.54, 1.807) is 21.3 Å². The minimum atomic E-state index is -2.54. The van der Waals surface area contributed by atoms with Crippen molar-refractivity contribution in [2.45, 2.75) is 196 Å². The number of aliphatic hydroxyl groups excluding tert-OH is 1. The van der Waals surface area contributed by atoms with Gasteiger partial charge in [-0.3, -0.25) is 0 Å². The third kappa shape index (κ3) is 15.6. The van der Waals surface area contributed by atoms with Crippen LogP contribution in [0.4, 0.5) is 0 Å². The average molecular weight is 1180 g/mol. The van der Waals surface area contributed by atoms with Gasteiger partial charge in [-0.2, -0.15) is 0 Å². The molecule has 0 aromatic heterocycles. The van der Waals surface area contributed by atoms with Crippen LogP contribution in [-0.4, -0.2) is 152 Å². The Bertz CT molecular complexity index is 2320. The molecule has 0 saturated carbocycles. The third-order valence-corrected chi connectivity index (χ3v) is 29.4. The molecule has 17 heteroatoms. The first-order valence-electron chi connectivity index (χ1n) is 27.8. The molecule has 3 aliphatic heterocycles. The summed E-state index contributed by atoms with van der Waals surface area (Å²) in [5.74, 6) is 0.778. The van der Waals surface area contributed by atoms with E-state index in [9.17, 15) is 5.11 Å². The Morgan fingerprint density at radius 1 is 0.577 bits per heavy atom. The third-order valence-electron chi connectivity index (χ3n) is 16.1. The fraction of sp³-hybridized carbons (Fsp3) is 0.607. The molecule has 0 bridgehead atoms. The molecule has 3 heterocycles. The predicted molar refractivity (Wildman–Crippen MR) is 308 cm³/mol. The summed E-state index contributed by atoms with van der Waals surface area (Å²) < 4.78 is 88.9. The molecule has 1 unspecified atom stereocenters. The van der Waals surface area contributed by atoms with Gasteiger partial charge in [-0.25, -0.2) is 0 Å². The van der Waals surface area contributed by atoms with Gasteiger partial charge in [0.2, 0.25) is 8.32 Å². The summed E-state index contributed by atoms with van der Waals surface area (Å²) in [6.45, 7) is 26.0. The van der Waals surface area contributed by atoms with Crippen molar-refractivity contribution in [3.63, 3.8) is 0 Å². The monoisotopic (exact) mass is 1180 g/mol. The molecule has 0 aliphatic carbocycles. The van der Waals surface area contributed by atoms with E-state index in [1.165, 1.54) is 0 Å². The minimum absolute atomic E-state index is 0.0517. The molecular weight excluding hydrogens is 1090 g/mol. The molecule has 14 nitrogen and oxygen atoms in total. The van der Waals surface area contributed by atoms with Crippen molar-refractivity contribution in [2.24, 2.45) is 0 Å². The first kappa shape index (κ1) is 62.7. The fourth-order valence-electron chi connectivity index (χ4n) is 10.9. The van der Waals surface area contributed by atoms with Gasteiger partial charge < -0.3 is 9.16 Å². The smallest absolute Gasteiger partial charge is 0.408 e. The number of rotatable bonds is 26. The van der Waals surface area contributed by atoms with Gasteiger partial charge >= 0.3 is 351 Å². The first-order chi connectivity index (χ1) is 37.3. The molecule has 432 valence electrons. The summed E-state index contributed by atoms with van der Waals surface area (Å²) in [5.41, 5.74) is 3.76. The second-order valence-electron chi connectivity index (χ2n) is 23.3. The van der Waals surface area contributed by atoms with Crippen LogP contribution in [0.5, 0.6) is 5.75 Å². The molecule has 0 spiro atoms. The molecule has 3 saturated heterocycles. The van der Waals surface area contributed by atoms with Crippen molar-refractivity contribution < 1.29 is 66.1 Å². The van der Waals surface area contributed by atoms with E-state index < -0.39 is 90.4 Å². The van der Waals surface area contributed by atoms with E-state index in [2.05, 4.69) is 99.7 Å². The van der Waals surface area contributed by atoms with E-state index in [4.69, 9.17) is 61.0 Å². The zero-order chi connectivity index (χ0) is 56.2. The van der Waals surface area contributed by atoms with Gasteiger partial charge in [-0.15, -0.1) is 0 Å². The fourth-order valence-corrected chi connectivity index (χ4v) is 20.6. The van der Waals surface area contributed by atoms with E-state index >= 15 is 0 Å².